The molecule has 22 heavy (non-hydrogen) atoms. The third-order valence-electron chi connectivity index (χ3n) is 6.09. The SMILES string of the molecule is OCc1cc(CN[C@@H]2[C@H]3CCO[C@@H]3C23CCCC3)ccc1F. The van der Waals surface area contributed by atoms with Crippen LogP contribution in [0.5, 0.6) is 0 Å². The fourth-order valence-corrected chi connectivity index (χ4v) is 5.10. The molecular weight excluding hydrogens is 281 g/mol. The molecule has 4 heteroatoms. The fourth-order valence-electron chi connectivity index (χ4n) is 5.10. The van der Waals surface area contributed by atoms with Gasteiger partial charge in [-0.3, -0.25) is 0 Å². The lowest BCUT2D eigenvalue weighted by atomic mass is 9.54. The molecule has 1 heterocycles. The van der Waals surface area contributed by atoms with Gasteiger partial charge in [-0.2, -0.15) is 0 Å². The third-order valence-corrected chi connectivity index (χ3v) is 6.09. The minimum atomic E-state index is -0.327. The van der Waals surface area contributed by atoms with Crippen molar-refractivity contribution in [1.29, 1.82) is 0 Å². The van der Waals surface area contributed by atoms with E-state index in [2.05, 4.69) is 5.32 Å². The number of halogens is 1. The Kier molecular flexibility index (Phi) is 3.71. The summed E-state index contributed by atoms with van der Waals surface area (Å²) in [5, 5.41) is 12.9. The Bertz CT molecular complexity index is 556. The smallest absolute Gasteiger partial charge is 0.128 e. The minimum absolute atomic E-state index is 0.244. The largest absolute Gasteiger partial charge is 0.392 e. The zero-order valence-electron chi connectivity index (χ0n) is 12.9. The summed E-state index contributed by atoms with van der Waals surface area (Å²) < 4.78 is 19.5. The molecule has 0 bridgehead atoms. The molecule has 4 rings (SSSR count). The van der Waals surface area contributed by atoms with Crippen LogP contribution in [0.1, 0.15) is 43.2 Å². The molecule has 1 aliphatic heterocycles. The summed E-state index contributed by atoms with van der Waals surface area (Å²) in [5.74, 6) is 0.322. The van der Waals surface area contributed by atoms with Gasteiger partial charge in [-0.1, -0.05) is 18.9 Å². The molecule has 3 aliphatic rings. The van der Waals surface area contributed by atoms with Crippen molar-refractivity contribution in [3.63, 3.8) is 0 Å². The van der Waals surface area contributed by atoms with E-state index in [0.29, 0.717) is 29.0 Å². The van der Waals surface area contributed by atoms with Crippen molar-refractivity contribution >= 4 is 0 Å². The van der Waals surface area contributed by atoms with Gasteiger partial charge in [-0.15, -0.1) is 0 Å². The van der Waals surface area contributed by atoms with Crippen molar-refractivity contribution in [2.75, 3.05) is 6.61 Å². The zero-order valence-corrected chi connectivity index (χ0v) is 12.9. The highest BCUT2D eigenvalue weighted by Gasteiger charge is 2.64. The van der Waals surface area contributed by atoms with Crippen molar-refractivity contribution in [3.8, 4) is 0 Å². The van der Waals surface area contributed by atoms with E-state index in [4.69, 9.17) is 4.74 Å². The standard InChI is InChI=1S/C18H24FNO2/c19-15-4-3-12(9-13(15)11-21)10-20-16-14-5-8-22-17(14)18(16)6-1-2-7-18/h3-4,9,14,16-17,20-21H,1-2,5-8,10-11H2/t14-,16-,17+/m1/s1. The number of nitrogens with one attached hydrogen (secondary N) is 1. The molecule has 1 spiro atoms. The zero-order chi connectivity index (χ0) is 15.2. The van der Waals surface area contributed by atoms with Gasteiger partial charge in [0.05, 0.1) is 12.7 Å². The van der Waals surface area contributed by atoms with Crippen LogP contribution in [0.25, 0.3) is 0 Å². The molecule has 0 amide bonds. The molecule has 1 aromatic carbocycles. The monoisotopic (exact) mass is 305 g/mol. The van der Waals surface area contributed by atoms with Crippen molar-refractivity contribution in [3.05, 3.63) is 35.1 Å². The van der Waals surface area contributed by atoms with Crippen LogP contribution in [0, 0.1) is 17.2 Å². The molecule has 0 aromatic heterocycles. The van der Waals surface area contributed by atoms with Crippen molar-refractivity contribution in [2.45, 2.75) is 57.4 Å². The van der Waals surface area contributed by atoms with Gasteiger partial charge in [0.15, 0.2) is 0 Å². The summed E-state index contributed by atoms with van der Waals surface area (Å²) in [6.07, 6.45) is 6.81. The molecule has 2 N–H and O–H groups in total. The fraction of sp³-hybridized carbons (Fsp3) is 0.667. The Morgan fingerprint density at radius 3 is 2.91 bits per heavy atom. The average Bonchev–Trinajstić information content (AvgIpc) is 3.17. The second kappa shape index (κ2) is 5.59. The molecule has 3 atom stereocenters. The summed E-state index contributed by atoms with van der Waals surface area (Å²) in [7, 11) is 0. The summed E-state index contributed by atoms with van der Waals surface area (Å²) >= 11 is 0. The Balaban J connectivity index is 1.47. The second-order valence-electron chi connectivity index (χ2n) is 7.13. The van der Waals surface area contributed by atoms with Crippen LogP contribution in [0.15, 0.2) is 18.2 Å². The van der Waals surface area contributed by atoms with Crippen LogP contribution in [-0.2, 0) is 17.9 Å². The quantitative estimate of drug-likeness (QED) is 0.899. The first kappa shape index (κ1) is 14.6. The van der Waals surface area contributed by atoms with Gasteiger partial charge < -0.3 is 15.2 Å². The number of hydrogen-bond donors (Lipinski definition) is 2. The molecular formula is C18H24FNO2. The molecule has 0 unspecified atom stereocenters. The highest BCUT2D eigenvalue weighted by atomic mass is 19.1. The highest BCUT2D eigenvalue weighted by Crippen LogP contribution is 2.60. The molecule has 120 valence electrons. The molecule has 1 aromatic rings. The number of aliphatic hydroxyl groups excluding tert-OH is 1. The van der Waals surface area contributed by atoms with Crippen LogP contribution < -0.4 is 5.32 Å². The number of fused-ring (bicyclic) bond motifs is 2. The van der Waals surface area contributed by atoms with E-state index in [1.54, 1.807) is 6.07 Å². The number of benzene rings is 1. The number of aliphatic hydroxyl groups is 1. The lowest BCUT2D eigenvalue weighted by Gasteiger charge is -2.57. The number of hydrogen-bond acceptors (Lipinski definition) is 3. The van der Waals surface area contributed by atoms with Crippen molar-refractivity contribution in [1.82, 2.24) is 5.32 Å². The number of ether oxygens (including phenoxy) is 1. The molecule has 2 saturated carbocycles. The minimum Gasteiger partial charge on any atom is -0.392 e. The van der Waals surface area contributed by atoms with Crippen LogP contribution in [0.4, 0.5) is 4.39 Å². The Labute approximate surface area is 130 Å². The van der Waals surface area contributed by atoms with Gasteiger partial charge in [0.2, 0.25) is 0 Å². The van der Waals surface area contributed by atoms with Crippen LogP contribution in [0.2, 0.25) is 0 Å². The van der Waals surface area contributed by atoms with E-state index >= 15 is 0 Å². The summed E-state index contributed by atoms with van der Waals surface area (Å²) in [6.45, 7) is 1.40. The molecule has 0 radical (unpaired) electrons. The molecule has 2 aliphatic carbocycles. The topological polar surface area (TPSA) is 41.5 Å². The van der Waals surface area contributed by atoms with Gasteiger partial charge >= 0.3 is 0 Å². The van der Waals surface area contributed by atoms with E-state index in [-0.39, 0.29) is 12.4 Å². The van der Waals surface area contributed by atoms with E-state index in [1.165, 1.54) is 31.7 Å². The van der Waals surface area contributed by atoms with Crippen molar-refractivity contribution < 1.29 is 14.2 Å². The third kappa shape index (κ3) is 2.12. The maximum Gasteiger partial charge on any atom is 0.128 e. The summed E-state index contributed by atoms with van der Waals surface area (Å²) in [4.78, 5) is 0. The van der Waals surface area contributed by atoms with Gasteiger partial charge in [0, 0.05) is 36.1 Å². The summed E-state index contributed by atoms with van der Waals surface area (Å²) in [6, 6.07) is 5.57. The van der Waals surface area contributed by atoms with Crippen LogP contribution in [-0.4, -0.2) is 23.9 Å². The van der Waals surface area contributed by atoms with E-state index in [1.807, 2.05) is 6.07 Å². The Morgan fingerprint density at radius 1 is 1.32 bits per heavy atom. The molecule has 3 fully saturated rings. The Morgan fingerprint density at radius 2 is 2.14 bits per heavy atom. The molecule has 1 saturated heterocycles. The van der Waals surface area contributed by atoms with Crippen LogP contribution in [0.3, 0.4) is 0 Å². The van der Waals surface area contributed by atoms with E-state index in [9.17, 15) is 9.50 Å². The lowest BCUT2D eigenvalue weighted by Crippen LogP contribution is -2.67. The van der Waals surface area contributed by atoms with Gasteiger partial charge in [0.1, 0.15) is 5.82 Å². The predicted molar refractivity (Wildman–Crippen MR) is 81.7 cm³/mol. The maximum absolute atomic E-state index is 13.5. The number of rotatable bonds is 4. The maximum atomic E-state index is 13.5. The Hall–Kier alpha value is -0.970. The average molecular weight is 305 g/mol. The van der Waals surface area contributed by atoms with Crippen molar-refractivity contribution in [2.24, 2.45) is 11.3 Å². The van der Waals surface area contributed by atoms with Gasteiger partial charge in [-0.05, 0) is 37.0 Å². The predicted octanol–water partition coefficient (Wildman–Crippen LogP) is 2.76. The van der Waals surface area contributed by atoms with Gasteiger partial charge in [0.25, 0.3) is 0 Å². The first-order chi connectivity index (χ1) is 10.7. The second-order valence-corrected chi connectivity index (χ2v) is 7.13. The first-order valence-electron chi connectivity index (χ1n) is 8.48. The normalized spacial score (nSPS) is 32.2. The first-order valence-corrected chi connectivity index (χ1v) is 8.48. The van der Waals surface area contributed by atoms with E-state index < -0.39 is 0 Å². The van der Waals surface area contributed by atoms with E-state index in [0.717, 1.165) is 25.1 Å². The summed E-state index contributed by atoms with van der Waals surface area (Å²) in [5.41, 5.74) is 1.77. The highest BCUT2D eigenvalue weighted by molar-refractivity contribution is 5.25. The van der Waals surface area contributed by atoms with Gasteiger partial charge in [-0.25, -0.2) is 4.39 Å². The van der Waals surface area contributed by atoms with Crippen LogP contribution >= 0.6 is 0 Å². The lowest BCUT2D eigenvalue weighted by molar-refractivity contribution is -0.130. The molecule has 3 nitrogen and oxygen atoms in total.